The van der Waals surface area contributed by atoms with Crippen LogP contribution in [0.4, 0.5) is 0 Å². The normalized spacial score (nSPS) is 11.2. The van der Waals surface area contributed by atoms with Gasteiger partial charge < -0.3 is 4.74 Å². The Kier molecular flexibility index (Phi) is 5.97. The smallest absolute Gasteiger partial charge is 0.339 e. The molecule has 0 spiro atoms. The van der Waals surface area contributed by atoms with Gasteiger partial charge in [-0.3, -0.25) is 4.79 Å². The molecule has 0 saturated heterocycles. The molecule has 3 rings (SSSR count). The van der Waals surface area contributed by atoms with Gasteiger partial charge in [-0.2, -0.15) is 0 Å². The fourth-order valence-corrected chi connectivity index (χ4v) is 3.05. The first kappa shape index (κ1) is 20.5. The van der Waals surface area contributed by atoms with Crippen LogP contribution in [0.1, 0.15) is 63.7 Å². The molecule has 0 unspecified atom stereocenters. The molecule has 0 N–H and O–H groups in total. The van der Waals surface area contributed by atoms with E-state index in [4.69, 9.17) is 4.74 Å². The second-order valence-electron chi connectivity index (χ2n) is 8.26. The third-order valence-electron chi connectivity index (χ3n) is 4.90. The Morgan fingerprint density at radius 1 is 0.793 bits per heavy atom. The standard InChI is InChI=1S/C26H26O3/c1-18-9-13-20(14-10-18)24(27)22-7-5-6-8-23(22)25(28)29-17-19-11-15-21(16-12-19)26(2,3)4/h5-16H,17H2,1-4H3. The van der Waals surface area contributed by atoms with Crippen molar-refractivity contribution in [2.24, 2.45) is 0 Å². The summed E-state index contributed by atoms with van der Waals surface area (Å²) in [5, 5.41) is 0. The lowest BCUT2D eigenvalue weighted by atomic mass is 9.87. The van der Waals surface area contributed by atoms with Gasteiger partial charge in [0.05, 0.1) is 5.56 Å². The van der Waals surface area contributed by atoms with E-state index in [9.17, 15) is 9.59 Å². The molecule has 0 bridgehead atoms. The number of hydrogen-bond donors (Lipinski definition) is 0. The molecule has 0 fully saturated rings. The zero-order valence-corrected chi connectivity index (χ0v) is 17.4. The van der Waals surface area contributed by atoms with Gasteiger partial charge in [-0.1, -0.05) is 93.1 Å². The van der Waals surface area contributed by atoms with Gasteiger partial charge in [0.25, 0.3) is 0 Å². The molecule has 0 atom stereocenters. The van der Waals surface area contributed by atoms with Crippen LogP contribution < -0.4 is 0 Å². The number of aryl methyl sites for hydroxylation is 1. The van der Waals surface area contributed by atoms with Crippen molar-refractivity contribution in [1.29, 1.82) is 0 Å². The molecule has 29 heavy (non-hydrogen) atoms. The summed E-state index contributed by atoms with van der Waals surface area (Å²) in [6.45, 7) is 8.60. The summed E-state index contributed by atoms with van der Waals surface area (Å²) in [5.74, 6) is -0.687. The van der Waals surface area contributed by atoms with Gasteiger partial charge in [0.1, 0.15) is 6.61 Å². The molecular formula is C26H26O3. The Hall–Kier alpha value is -3.20. The molecule has 3 nitrogen and oxygen atoms in total. The summed E-state index contributed by atoms with van der Waals surface area (Å²) in [5.41, 5.74) is 4.47. The van der Waals surface area contributed by atoms with E-state index in [1.54, 1.807) is 36.4 Å². The predicted molar refractivity (Wildman–Crippen MR) is 115 cm³/mol. The predicted octanol–water partition coefficient (Wildman–Crippen LogP) is 5.88. The lowest BCUT2D eigenvalue weighted by molar-refractivity contribution is 0.0470. The van der Waals surface area contributed by atoms with E-state index in [-0.39, 0.29) is 23.4 Å². The van der Waals surface area contributed by atoms with Crippen LogP contribution in [-0.4, -0.2) is 11.8 Å². The van der Waals surface area contributed by atoms with E-state index < -0.39 is 5.97 Å². The first-order chi connectivity index (χ1) is 13.8. The number of ketones is 1. The molecule has 148 valence electrons. The summed E-state index contributed by atoms with van der Waals surface area (Å²) in [6, 6.07) is 22.1. The number of hydrogen-bond acceptors (Lipinski definition) is 3. The Morgan fingerprint density at radius 2 is 1.38 bits per heavy atom. The molecule has 3 heteroatoms. The van der Waals surface area contributed by atoms with Gasteiger partial charge in [0, 0.05) is 11.1 Å². The molecule has 0 aliphatic heterocycles. The molecule has 0 aliphatic carbocycles. The Balaban J connectivity index is 1.75. The molecule has 0 heterocycles. The minimum Gasteiger partial charge on any atom is -0.457 e. The van der Waals surface area contributed by atoms with E-state index in [2.05, 4.69) is 32.9 Å². The van der Waals surface area contributed by atoms with Crippen molar-refractivity contribution in [1.82, 2.24) is 0 Å². The Morgan fingerprint density at radius 3 is 1.97 bits per heavy atom. The van der Waals surface area contributed by atoms with Crippen molar-refractivity contribution in [2.45, 2.75) is 39.7 Å². The maximum Gasteiger partial charge on any atom is 0.339 e. The van der Waals surface area contributed by atoms with E-state index in [0.717, 1.165) is 11.1 Å². The molecule has 0 saturated carbocycles. The van der Waals surface area contributed by atoms with Crippen molar-refractivity contribution in [3.8, 4) is 0 Å². The zero-order valence-electron chi connectivity index (χ0n) is 17.4. The number of rotatable bonds is 5. The van der Waals surface area contributed by atoms with Gasteiger partial charge in [-0.25, -0.2) is 4.79 Å². The average Bonchev–Trinajstić information content (AvgIpc) is 2.71. The van der Waals surface area contributed by atoms with Crippen molar-refractivity contribution >= 4 is 11.8 Å². The van der Waals surface area contributed by atoms with E-state index in [1.165, 1.54) is 5.56 Å². The summed E-state index contributed by atoms with van der Waals surface area (Å²) >= 11 is 0. The van der Waals surface area contributed by atoms with Crippen LogP contribution in [0, 0.1) is 6.92 Å². The summed E-state index contributed by atoms with van der Waals surface area (Å²) in [7, 11) is 0. The largest absolute Gasteiger partial charge is 0.457 e. The number of ether oxygens (including phenoxy) is 1. The van der Waals surface area contributed by atoms with Crippen LogP contribution in [0.2, 0.25) is 0 Å². The van der Waals surface area contributed by atoms with Crippen LogP contribution in [-0.2, 0) is 16.8 Å². The van der Waals surface area contributed by atoms with E-state index in [0.29, 0.717) is 11.1 Å². The van der Waals surface area contributed by atoms with E-state index >= 15 is 0 Å². The third-order valence-corrected chi connectivity index (χ3v) is 4.90. The van der Waals surface area contributed by atoms with Gasteiger partial charge in [0.2, 0.25) is 0 Å². The minimum atomic E-state index is -0.499. The molecule has 0 aromatic heterocycles. The summed E-state index contributed by atoms with van der Waals surface area (Å²) in [6.07, 6.45) is 0. The van der Waals surface area contributed by atoms with Gasteiger partial charge in [-0.15, -0.1) is 0 Å². The third kappa shape index (κ3) is 5.00. The van der Waals surface area contributed by atoms with E-state index in [1.807, 2.05) is 31.2 Å². The second kappa shape index (κ2) is 8.44. The Labute approximate surface area is 172 Å². The highest BCUT2D eigenvalue weighted by Crippen LogP contribution is 2.23. The lowest BCUT2D eigenvalue weighted by Crippen LogP contribution is -2.13. The zero-order chi connectivity index (χ0) is 21.0. The first-order valence-electron chi connectivity index (χ1n) is 9.72. The van der Waals surface area contributed by atoms with Crippen LogP contribution in [0.15, 0.2) is 72.8 Å². The Bertz CT molecular complexity index is 1010. The topological polar surface area (TPSA) is 43.4 Å². The highest BCUT2D eigenvalue weighted by molar-refractivity contribution is 6.14. The monoisotopic (exact) mass is 386 g/mol. The van der Waals surface area contributed by atoms with Crippen LogP contribution in [0.3, 0.4) is 0 Å². The van der Waals surface area contributed by atoms with Crippen LogP contribution in [0.5, 0.6) is 0 Å². The maximum atomic E-state index is 12.9. The summed E-state index contributed by atoms with van der Waals surface area (Å²) in [4.78, 5) is 25.6. The molecule has 3 aromatic carbocycles. The fourth-order valence-electron chi connectivity index (χ4n) is 3.05. The SMILES string of the molecule is Cc1ccc(C(=O)c2ccccc2C(=O)OCc2ccc(C(C)(C)C)cc2)cc1. The highest BCUT2D eigenvalue weighted by atomic mass is 16.5. The number of esters is 1. The van der Waals surface area contributed by atoms with Crippen molar-refractivity contribution in [3.05, 3.63) is 106 Å². The fraction of sp³-hybridized carbons (Fsp3) is 0.231. The van der Waals surface area contributed by atoms with Gasteiger partial charge in [-0.05, 0) is 29.5 Å². The molecular weight excluding hydrogens is 360 g/mol. The molecule has 0 aliphatic rings. The van der Waals surface area contributed by atoms with Crippen LogP contribution >= 0.6 is 0 Å². The number of carbonyl (C=O) groups excluding carboxylic acids is 2. The number of benzene rings is 3. The first-order valence-corrected chi connectivity index (χ1v) is 9.72. The quantitative estimate of drug-likeness (QED) is 0.406. The minimum absolute atomic E-state index is 0.0739. The maximum absolute atomic E-state index is 12.9. The highest BCUT2D eigenvalue weighted by Gasteiger charge is 2.19. The van der Waals surface area contributed by atoms with Crippen LogP contribution in [0.25, 0.3) is 0 Å². The van der Waals surface area contributed by atoms with Gasteiger partial charge in [0.15, 0.2) is 5.78 Å². The van der Waals surface area contributed by atoms with Crippen molar-refractivity contribution in [3.63, 3.8) is 0 Å². The lowest BCUT2D eigenvalue weighted by Gasteiger charge is -2.19. The summed E-state index contributed by atoms with van der Waals surface area (Å²) < 4.78 is 5.49. The molecule has 3 aromatic rings. The van der Waals surface area contributed by atoms with Crippen molar-refractivity contribution in [2.75, 3.05) is 0 Å². The molecule has 0 amide bonds. The van der Waals surface area contributed by atoms with Gasteiger partial charge >= 0.3 is 5.97 Å². The number of carbonyl (C=O) groups is 2. The molecule has 0 radical (unpaired) electrons. The van der Waals surface area contributed by atoms with Crippen molar-refractivity contribution < 1.29 is 14.3 Å². The second-order valence-corrected chi connectivity index (χ2v) is 8.26. The average molecular weight is 386 g/mol.